The lowest BCUT2D eigenvalue weighted by molar-refractivity contribution is -0.142. The summed E-state index contributed by atoms with van der Waals surface area (Å²) in [6.07, 6.45) is -10.1. The van der Waals surface area contributed by atoms with E-state index >= 15 is 0 Å². The third kappa shape index (κ3) is 6.40. The Hall–Kier alpha value is -4.28. The van der Waals surface area contributed by atoms with Gasteiger partial charge >= 0.3 is 12.4 Å². The largest absolute Gasteiger partial charge is 0.417 e. The van der Waals surface area contributed by atoms with Crippen molar-refractivity contribution in [3.63, 3.8) is 0 Å². The lowest BCUT2D eigenvalue weighted by Gasteiger charge is -2.18. The lowest BCUT2D eigenvalue weighted by Crippen LogP contribution is -2.14. The van der Waals surface area contributed by atoms with E-state index in [2.05, 4.69) is 4.98 Å². The number of halogens is 8. The van der Waals surface area contributed by atoms with Crippen LogP contribution in [0.5, 0.6) is 0 Å². The molecule has 0 bridgehead atoms. The number of hydrogen-bond donors (Lipinski definition) is 1. The van der Waals surface area contributed by atoms with E-state index in [1.807, 2.05) is 0 Å². The fraction of sp³-hybridized carbons (Fsp3) is 0.0968. The molecule has 12 heteroatoms. The van der Waals surface area contributed by atoms with Gasteiger partial charge in [-0.15, -0.1) is 0 Å². The van der Waals surface area contributed by atoms with Gasteiger partial charge in [0.1, 0.15) is 5.82 Å². The minimum atomic E-state index is -5.14. The molecule has 43 heavy (non-hydrogen) atoms. The summed E-state index contributed by atoms with van der Waals surface area (Å²) in [6, 6.07) is 20.5. The Kier molecular flexibility index (Phi) is 8.02. The first-order chi connectivity index (χ1) is 20.2. The summed E-state index contributed by atoms with van der Waals surface area (Å²) in [7, 11) is 0. The van der Waals surface area contributed by atoms with E-state index < -0.39 is 35.0 Å². The predicted octanol–water partition coefficient (Wildman–Crippen LogP) is 9.38. The van der Waals surface area contributed by atoms with Crippen molar-refractivity contribution in [2.24, 2.45) is 5.73 Å². The minimum absolute atomic E-state index is 0.0642. The summed E-state index contributed by atoms with van der Waals surface area (Å²) < 4.78 is 85.0. The van der Waals surface area contributed by atoms with Crippen molar-refractivity contribution in [3.8, 4) is 33.9 Å². The van der Waals surface area contributed by atoms with Gasteiger partial charge in [-0.1, -0.05) is 65.7 Å². The molecular weight excluding hydrogens is 615 g/mol. The Labute approximate surface area is 251 Å². The van der Waals surface area contributed by atoms with Gasteiger partial charge in [0, 0.05) is 38.8 Å². The molecule has 1 amide bonds. The molecule has 4 aromatic carbocycles. The van der Waals surface area contributed by atoms with Crippen molar-refractivity contribution in [1.82, 2.24) is 9.55 Å². The highest BCUT2D eigenvalue weighted by molar-refractivity contribution is 6.31. The first-order valence-electron chi connectivity index (χ1n) is 12.5. The van der Waals surface area contributed by atoms with Gasteiger partial charge in [-0.25, -0.2) is 4.98 Å². The number of nitrogens with two attached hydrogens (primary N) is 1. The molecule has 4 nitrogen and oxygen atoms in total. The van der Waals surface area contributed by atoms with Crippen molar-refractivity contribution in [3.05, 3.63) is 123 Å². The van der Waals surface area contributed by atoms with Crippen molar-refractivity contribution in [2.75, 3.05) is 0 Å². The van der Waals surface area contributed by atoms with E-state index in [1.165, 1.54) is 16.7 Å². The predicted molar refractivity (Wildman–Crippen MR) is 153 cm³/mol. The van der Waals surface area contributed by atoms with E-state index in [-0.39, 0.29) is 29.7 Å². The second-order valence-electron chi connectivity index (χ2n) is 9.55. The number of aromatic nitrogens is 2. The second-order valence-corrected chi connectivity index (χ2v) is 10.4. The zero-order valence-corrected chi connectivity index (χ0v) is 23.3. The molecule has 5 rings (SSSR count). The number of benzene rings is 4. The van der Waals surface area contributed by atoms with E-state index in [4.69, 9.17) is 28.9 Å². The molecule has 0 unspecified atom stereocenters. The molecule has 0 aliphatic rings. The van der Waals surface area contributed by atoms with Crippen molar-refractivity contribution >= 4 is 29.1 Å². The van der Waals surface area contributed by atoms with E-state index in [0.717, 1.165) is 6.07 Å². The molecular formula is C31H19Cl2F6N3O. The molecule has 0 aliphatic heterocycles. The molecule has 0 saturated heterocycles. The number of primary amides is 1. The van der Waals surface area contributed by atoms with E-state index in [1.54, 1.807) is 60.7 Å². The summed E-state index contributed by atoms with van der Waals surface area (Å²) in [5.74, 6) is -0.892. The maximum absolute atomic E-state index is 14.3. The van der Waals surface area contributed by atoms with Crippen LogP contribution in [0, 0.1) is 0 Å². The molecule has 1 aromatic heterocycles. The zero-order valence-electron chi connectivity index (χ0n) is 21.8. The summed E-state index contributed by atoms with van der Waals surface area (Å²) in [5.41, 5.74) is 4.29. The Morgan fingerprint density at radius 1 is 0.744 bits per heavy atom. The van der Waals surface area contributed by atoms with Crippen LogP contribution in [0.3, 0.4) is 0 Å². The number of rotatable bonds is 6. The van der Waals surface area contributed by atoms with Gasteiger partial charge in [0.05, 0.1) is 22.5 Å². The average molecular weight is 634 g/mol. The molecule has 0 atom stereocenters. The topological polar surface area (TPSA) is 60.9 Å². The van der Waals surface area contributed by atoms with Crippen LogP contribution in [0.1, 0.15) is 27.0 Å². The van der Waals surface area contributed by atoms with Gasteiger partial charge < -0.3 is 10.3 Å². The highest BCUT2D eigenvalue weighted by Gasteiger charge is 2.39. The molecule has 0 fully saturated rings. The molecule has 0 spiro atoms. The Balaban J connectivity index is 1.84. The smallest absolute Gasteiger partial charge is 0.366 e. The third-order valence-electron chi connectivity index (χ3n) is 6.68. The molecule has 220 valence electrons. The van der Waals surface area contributed by atoms with E-state index in [0.29, 0.717) is 38.5 Å². The van der Waals surface area contributed by atoms with Crippen LogP contribution in [-0.4, -0.2) is 15.5 Å². The fourth-order valence-electron chi connectivity index (χ4n) is 4.63. The molecule has 0 aliphatic carbocycles. The number of nitrogens with zero attached hydrogens (tertiary/aromatic N) is 2. The van der Waals surface area contributed by atoms with Gasteiger partial charge in [0.15, 0.2) is 0 Å². The monoisotopic (exact) mass is 633 g/mol. The molecule has 0 radical (unpaired) electrons. The maximum Gasteiger partial charge on any atom is 0.417 e. The SMILES string of the molecule is NC(=O)c1ccc(Cn2c(-c3ccc(C(F)(F)F)cc3C(F)(F)F)nc(-c3ccc(Cl)cc3)c2-c2ccc(Cl)cc2)cc1. The van der Waals surface area contributed by atoms with Crippen LogP contribution < -0.4 is 5.73 Å². The van der Waals surface area contributed by atoms with E-state index in [9.17, 15) is 31.1 Å². The summed E-state index contributed by atoms with van der Waals surface area (Å²) in [4.78, 5) is 16.2. The van der Waals surface area contributed by atoms with Crippen LogP contribution in [-0.2, 0) is 18.9 Å². The number of carbonyl (C=O) groups excluding carboxylic acids is 1. The van der Waals surface area contributed by atoms with Crippen LogP contribution in [0.25, 0.3) is 33.9 Å². The molecule has 5 aromatic rings. The van der Waals surface area contributed by atoms with Crippen molar-refractivity contribution < 1.29 is 31.1 Å². The van der Waals surface area contributed by atoms with Crippen LogP contribution in [0.4, 0.5) is 26.3 Å². The molecule has 1 heterocycles. The molecule has 2 N–H and O–H groups in total. The third-order valence-corrected chi connectivity index (χ3v) is 7.18. The Morgan fingerprint density at radius 2 is 1.30 bits per heavy atom. The van der Waals surface area contributed by atoms with Crippen LogP contribution in [0.2, 0.25) is 10.0 Å². The van der Waals surface area contributed by atoms with Crippen LogP contribution >= 0.6 is 23.2 Å². The highest BCUT2D eigenvalue weighted by atomic mass is 35.5. The number of hydrogen-bond acceptors (Lipinski definition) is 2. The number of imidazole rings is 1. The Bertz CT molecular complexity index is 1790. The normalized spacial score (nSPS) is 12.0. The Morgan fingerprint density at radius 3 is 1.81 bits per heavy atom. The molecule has 0 saturated carbocycles. The van der Waals surface area contributed by atoms with Crippen molar-refractivity contribution in [2.45, 2.75) is 18.9 Å². The fourth-order valence-corrected chi connectivity index (χ4v) is 4.88. The summed E-state index contributed by atoms with van der Waals surface area (Å²) in [5, 5.41) is 0.820. The zero-order chi connectivity index (χ0) is 31.1. The number of alkyl halides is 6. The van der Waals surface area contributed by atoms with Gasteiger partial charge in [-0.3, -0.25) is 4.79 Å². The van der Waals surface area contributed by atoms with Gasteiger partial charge in [-0.05, 0) is 54.1 Å². The quantitative estimate of drug-likeness (QED) is 0.189. The standard InChI is InChI=1S/C31H19Cl2F6N3O/c32-22-10-5-18(6-11-22)26-27(19-7-12-23(33)13-8-19)42(16-17-1-3-20(4-2-17)28(40)43)29(41-26)24-14-9-21(30(34,35)36)15-25(24)31(37,38)39/h1-15H,16H2,(H2,40,43). The van der Waals surface area contributed by atoms with Crippen LogP contribution in [0.15, 0.2) is 91.0 Å². The summed E-state index contributed by atoms with van der Waals surface area (Å²) in [6.45, 7) is -0.0642. The lowest BCUT2D eigenvalue weighted by atomic mass is 10.0. The summed E-state index contributed by atoms with van der Waals surface area (Å²) >= 11 is 12.2. The minimum Gasteiger partial charge on any atom is -0.366 e. The number of amides is 1. The van der Waals surface area contributed by atoms with Gasteiger partial charge in [-0.2, -0.15) is 26.3 Å². The second kappa shape index (κ2) is 11.4. The first-order valence-corrected chi connectivity index (χ1v) is 13.3. The number of carbonyl (C=O) groups is 1. The van der Waals surface area contributed by atoms with Crippen molar-refractivity contribution in [1.29, 1.82) is 0 Å². The van der Waals surface area contributed by atoms with Gasteiger partial charge in [0.2, 0.25) is 5.91 Å². The maximum atomic E-state index is 14.3. The average Bonchev–Trinajstić information content (AvgIpc) is 3.31. The van der Waals surface area contributed by atoms with Gasteiger partial charge in [0.25, 0.3) is 0 Å². The first kappa shape index (κ1) is 30.2. The highest BCUT2D eigenvalue weighted by Crippen LogP contribution is 2.44.